The molecule has 0 radical (unpaired) electrons. The molecule has 2 rings (SSSR count). The molecular formula is C21H29N5O. The fourth-order valence-corrected chi connectivity index (χ4v) is 2.54. The van der Waals surface area contributed by atoms with Gasteiger partial charge in [0, 0.05) is 31.9 Å². The molecule has 3 N–H and O–H groups in total. The van der Waals surface area contributed by atoms with Gasteiger partial charge in [0.2, 0.25) is 0 Å². The lowest BCUT2D eigenvalue weighted by atomic mass is 10.1. The third-order valence-corrected chi connectivity index (χ3v) is 4.19. The van der Waals surface area contributed by atoms with Gasteiger partial charge < -0.3 is 16.0 Å². The van der Waals surface area contributed by atoms with E-state index in [4.69, 9.17) is 5.73 Å². The number of nitrogens with zero attached hydrogens (tertiary/aromatic N) is 3. The zero-order chi connectivity index (χ0) is 19.5. The highest BCUT2D eigenvalue weighted by Crippen LogP contribution is 2.21. The number of rotatable bonds is 10. The second-order valence-electron chi connectivity index (χ2n) is 6.62. The van der Waals surface area contributed by atoms with Crippen molar-refractivity contribution in [3.05, 3.63) is 54.1 Å². The third kappa shape index (κ3) is 7.19. The quantitative estimate of drug-likeness (QED) is 0.482. The maximum atomic E-state index is 12.1. The smallest absolute Gasteiger partial charge is 0.251 e. The molecule has 0 aliphatic rings. The zero-order valence-corrected chi connectivity index (χ0v) is 16.2. The second-order valence-corrected chi connectivity index (χ2v) is 6.62. The molecule has 6 heteroatoms. The highest BCUT2D eigenvalue weighted by Gasteiger charge is 2.04. The average molecular weight is 367 g/mol. The van der Waals surface area contributed by atoms with Gasteiger partial charge in [-0.25, -0.2) is 0 Å². The number of nitrogens with two attached hydrogens (primary N) is 1. The molecule has 0 spiro atoms. The van der Waals surface area contributed by atoms with Gasteiger partial charge in [0.05, 0.1) is 11.4 Å². The first-order chi connectivity index (χ1) is 13.1. The lowest BCUT2D eigenvalue weighted by Gasteiger charge is -2.11. The molecule has 27 heavy (non-hydrogen) atoms. The van der Waals surface area contributed by atoms with E-state index in [0.717, 1.165) is 43.6 Å². The van der Waals surface area contributed by atoms with Gasteiger partial charge in [0.1, 0.15) is 0 Å². The number of unbranched alkanes of at least 4 members (excludes halogenated alkanes) is 3. The van der Waals surface area contributed by atoms with E-state index in [2.05, 4.69) is 15.5 Å². The van der Waals surface area contributed by atoms with Gasteiger partial charge in [0.15, 0.2) is 0 Å². The van der Waals surface area contributed by atoms with Gasteiger partial charge in [0.25, 0.3) is 5.91 Å². The summed E-state index contributed by atoms with van der Waals surface area (Å²) in [4.78, 5) is 14.2. The average Bonchev–Trinajstić information content (AvgIpc) is 2.69. The van der Waals surface area contributed by atoms with Crippen LogP contribution in [0.2, 0.25) is 0 Å². The zero-order valence-electron chi connectivity index (χ0n) is 16.2. The lowest BCUT2D eigenvalue weighted by molar-refractivity contribution is 0.0953. The van der Waals surface area contributed by atoms with Crippen LogP contribution in [-0.2, 0) is 0 Å². The standard InChI is InChI=1S/C21H29N5O/c1-26(2)20-13-11-19(12-14-20)25-24-18-9-7-17(8-10-18)21(27)23-16-6-4-3-5-15-22/h7-14H,3-6,15-16,22H2,1-2H3,(H,23,27). The number of nitrogens with one attached hydrogen (secondary N) is 1. The van der Waals surface area contributed by atoms with Crippen LogP contribution in [0, 0.1) is 0 Å². The molecule has 0 aromatic heterocycles. The Bertz CT molecular complexity index is 723. The van der Waals surface area contributed by atoms with Crippen molar-refractivity contribution in [2.75, 3.05) is 32.1 Å². The van der Waals surface area contributed by atoms with Crippen LogP contribution in [0.25, 0.3) is 0 Å². The second kappa shape index (κ2) is 11.1. The normalized spacial score (nSPS) is 10.9. The van der Waals surface area contributed by atoms with E-state index in [9.17, 15) is 4.79 Å². The predicted molar refractivity (Wildman–Crippen MR) is 111 cm³/mol. The number of carbonyl (C=O) groups excluding carboxylic acids is 1. The Morgan fingerprint density at radius 1 is 0.889 bits per heavy atom. The first-order valence-corrected chi connectivity index (χ1v) is 9.37. The molecular weight excluding hydrogens is 338 g/mol. The van der Waals surface area contributed by atoms with Gasteiger partial charge in [-0.15, -0.1) is 0 Å². The molecule has 144 valence electrons. The van der Waals surface area contributed by atoms with Gasteiger partial charge in [-0.3, -0.25) is 4.79 Å². The van der Waals surface area contributed by atoms with E-state index in [-0.39, 0.29) is 5.91 Å². The van der Waals surface area contributed by atoms with Gasteiger partial charge in [-0.2, -0.15) is 10.2 Å². The van der Waals surface area contributed by atoms with Gasteiger partial charge in [-0.05, 0) is 67.9 Å². The van der Waals surface area contributed by atoms with Crippen molar-refractivity contribution >= 4 is 23.0 Å². The molecule has 0 aliphatic heterocycles. The Morgan fingerprint density at radius 2 is 1.44 bits per heavy atom. The van der Waals surface area contributed by atoms with Crippen LogP contribution in [-0.4, -0.2) is 33.1 Å². The molecule has 1 amide bonds. The number of amides is 1. The van der Waals surface area contributed by atoms with Gasteiger partial charge >= 0.3 is 0 Å². The summed E-state index contributed by atoms with van der Waals surface area (Å²) in [5, 5.41) is 11.4. The van der Waals surface area contributed by atoms with E-state index in [1.54, 1.807) is 24.3 Å². The molecule has 2 aromatic rings. The summed E-state index contributed by atoms with van der Waals surface area (Å²) in [5.41, 5.74) is 8.71. The summed E-state index contributed by atoms with van der Waals surface area (Å²) in [5.74, 6) is -0.0587. The molecule has 0 saturated heterocycles. The Morgan fingerprint density at radius 3 is 2.00 bits per heavy atom. The van der Waals surface area contributed by atoms with Crippen molar-refractivity contribution < 1.29 is 4.79 Å². The van der Waals surface area contributed by atoms with E-state index in [1.165, 1.54) is 0 Å². The molecule has 0 fully saturated rings. The number of hydrogen-bond donors (Lipinski definition) is 2. The summed E-state index contributed by atoms with van der Waals surface area (Å²) < 4.78 is 0. The fourth-order valence-electron chi connectivity index (χ4n) is 2.54. The third-order valence-electron chi connectivity index (χ3n) is 4.19. The maximum Gasteiger partial charge on any atom is 0.251 e. The number of hydrogen-bond acceptors (Lipinski definition) is 5. The molecule has 0 heterocycles. The van der Waals surface area contributed by atoms with Crippen LogP contribution in [0.15, 0.2) is 58.8 Å². The minimum Gasteiger partial charge on any atom is -0.378 e. The molecule has 6 nitrogen and oxygen atoms in total. The molecule has 2 aromatic carbocycles. The lowest BCUT2D eigenvalue weighted by Crippen LogP contribution is -2.24. The first kappa shape index (κ1) is 20.6. The largest absolute Gasteiger partial charge is 0.378 e. The minimum atomic E-state index is -0.0587. The number of benzene rings is 2. The van der Waals surface area contributed by atoms with Crippen LogP contribution in [0.3, 0.4) is 0 Å². The van der Waals surface area contributed by atoms with E-state index >= 15 is 0 Å². The van der Waals surface area contributed by atoms with Crippen molar-refractivity contribution in [3.8, 4) is 0 Å². The van der Waals surface area contributed by atoms with Gasteiger partial charge in [-0.1, -0.05) is 12.8 Å². The monoisotopic (exact) mass is 367 g/mol. The maximum absolute atomic E-state index is 12.1. The van der Waals surface area contributed by atoms with Crippen molar-refractivity contribution in [3.63, 3.8) is 0 Å². The number of anilines is 1. The molecule has 0 unspecified atom stereocenters. The summed E-state index contributed by atoms with van der Waals surface area (Å²) in [6.45, 7) is 1.42. The number of carbonyl (C=O) groups is 1. The van der Waals surface area contributed by atoms with Crippen LogP contribution in [0.1, 0.15) is 36.0 Å². The molecule has 0 atom stereocenters. The SMILES string of the molecule is CN(C)c1ccc(N=Nc2ccc(C(=O)NCCCCCCN)cc2)cc1. The van der Waals surface area contributed by atoms with E-state index in [1.807, 2.05) is 43.3 Å². The Hall–Kier alpha value is -2.73. The van der Waals surface area contributed by atoms with Crippen LogP contribution >= 0.6 is 0 Å². The molecule has 0 bridgehead atoms. The summed E-state index contributed by atoms with van der Waals surface area (Å²) >= 11 is 0. The number of azo groups is 1. The highest BCUT2D eigenvalue weighted by atomic mass is 16.1. The van der Waals surface area contributed by atoms with Crippen molar-refractivity contribution in [2.45, 2.75) is 25.7 Å². The van der Waals surface area contributed by atoms with Crippen molar-refractivity contribution in [2.24, 2.45) is 16.0 Å². The summed E-state index contributed by atoms with van der Waals surface area (Å²) in [6.07, 6.45) is 4.23. The fraction of sp³-hybridized carbons (Fsp3) is 0.381. The Labute approximate surface area is 161 Å². The Kier molecular flexibility index (Phi) is 8.45. The topological polar surface area (TPSA) is 83.1 Å². The summed E-state index contributed by atoms with van der Waals surface area (Å²) in [7, 11) is 3.99. The van der Waals surface area contributed by atoms with Crippen LogP contribution < -0.4 is 16.0 Å². The highest BCUT2D eigenvalue weighted by molar-refractivity contribution is 5.94. The van der Waals surface area contributed by atoms with Crippen LogP contribution in [0.5, 0.6) is 0 Å². The minimum absolute atomic E-state index is 0.0587. The van der Waals surface area contributed by atoms with E-state index in [0.29, 0.717) is 17.8 Å². The van der Waals surface area contributed by atoms with E-state index < -0.39 is 0 Å². The first-order valence-electron chi connectivity index (χ1n) is 9.37. The molecule has 0 saturated carbocycles. The van der Waals surface area contributed by atoms with Crippen LogP contribution in [0.4, 0.5) is 17.1 Å². The predicted octanol–water partition coefficient (Wildman–Crippen LogP) is 4.42. The van der Waals surface area contributed by atoms with Crippen molar-refractivity contribution in [1.29, 1.82) is 0 Å². The summed E-state index contributed by atoms with van der Waals surface area (Å²) in [6, 6.07) is 15.0. The van der Waals surface area contributed by atoms with Crippen molar-refractivity contribution in [1.82, 2.24) is 5.32 Å². The molecule has 0 aliphatic carbocycles. The Balaban J connectivity index is 1.82.